The van der Waals surface area contributed by atoms with Gasteiger partial charge in [-0.25, -0.2) is 9.59 Å². The fraction of sp³-hybridized carbons (Fsp3) is 0.176. The molecule has 0 aromatic heterocycles. The van der Waals surface area contributed by atoms with E-state index < -0.39 is 18.8 Å². The van der Waals surface area contributed by atoms with E-state index in [9.17, 15) is 14.2 Å². The van der Waals surface area contributed by atoms with Crippen LogP contribution in [0.1, 0.15) is 37.4 Å². The molecule has 0 aliphatic heterocycles. The van der Waals surface area contributed by atoms with Gasteiger partial charge in [0.05, 0.1) is 11.1 Å². The summed E-state index contributed by atoms with van der Waals surface area (Å²) in [6, 6.07) is 12.0. The first-order valence-electron chi connectivity index (χ1n) is 6.60. The van der Waals surface area contributed by atoms with E-state index >= 15 is 0 Å². The molecule has 1 atom stereocenters. The Labute approximate surface area is 124 Å². The summed E-state index contributed by atoms with van der Waals surface area (Å²) >= 11 is 0. The van der Waals surface area contributed by atoms with Crippen molar-refractivity contribution in [2.24, 2.45) is 0 Å². The standard InChI is InChI=1S/C17H16O3P/c1-11-9-12(2)15(13(3)10-11)17(19)21(20)16(18)14-7-5-4-6-8-14/h4-10H,1-3H3/q+1. The van der Waals surface area contributed by atoms with Crippen molar-refractivity contribution in [3.05, 3.63) is 70.3 Å². The normalized spacial score (nSPS) is 11.1. The lowest BCUT2D eigenvalue weighted by atomic mass is 10.0. The first kappa shape index (κ1) is 15.3. The minimum absolute atomic E-state index is 0.300. The van der Waals surface area contributed by atoms with Crippen LogP contribution < -0.4 is 0 Å². The monoisotopic (exact) mass is 299 g/mol. The molecule has 2 aromatic rings. The molecule has 0 amide bonds. The predicted molar refractivity (Wildman–Crippen MR) is 83.4 cm³/mol. The van der Waals surface area contributed by atoms with Gasteiger partial charge >= 0.3 is 18.8 Å². The number of hydrogen-bond acceptors (Lipinski definition) is 3. The average molecular weight is 299 g/mol. The van der Waals surface area contributed by atoms with E-state index in [4.69, 9.17) is 0 Å². The van der Waals surface area contributed by atoms with Gasteiger partial charge in [0, 0.05) is 0 Å². The molecule has 21 heavy (non-hydrogen) atoms. The molecular weight excluding hydrogens is 283 g/mol. The zero-order chi connectivity index (χ0) is 15.6. The molecule has 0 aliphatic carbocycles. The van der Waals surface area contributed by atoms with E-state index in [1.54, 1.807) is 44.2 Å². The maximum Gasteiger partial charge on any atom is 0.501 e. The van der Waals surface area contributed by atoms with Crippen LogP contribution in [0.5, 0.6) is 0 Å². The molecule has 1 unspecified atom stereocenters. The quantitative estimate of drug-likeness (QED) is 0.785. The van der Waals surface area contributed by atoms with Crippen molar-refractivity contribution in [2.75, 3.05) is 0 Å². The summed E-state index contributed by atoms with van der Waals surface area (Å²) in [7, 11) is -2.63. The summed E-state index contributed by atoms with van der Waals surface area (Å²) < 4.78 is 12.3. The minimum atomic E-state index is -2.63. The molecule has 0 bridgehead atoms. The van der Waals surface area contributed by atoms with E-state index in [0.717, 1.165) is 16.7 Å². The molecule has 0 saturated heterocycles. The van der Waals surface area contributed by atoms with E-state index in [2.05, 4.69) is 0 Å². The van der Waals surface area contributed by atoms with Crippen LogP contribution in [0.3, 0.4) is 0 Å². The summed E-state index contributed by atoms with van der Waals surface area (Å²) in [4.78, 5) is 24.6. The molecule has 0 saturated carbocycles. The molecule has 3 nitrogen and oxygen atoms in total. The van der Waals surface area contributed by atoms with Crippen molar-refractivity contribution in [2.45, 2.75) is 20.8 Å². The zero-order valence-corrected chi connectivity index (χ0v) is 13.1. The molecule has 0 radical (unpaired) electrons. The Bertz CT molecular complexity index is 710. The Morgan fingerprint density at radius 2 is 1.38 bits per heavy atom. The van der Waals surface area contributed by atoms with Gasteiger partial charge in [0.1, 0.15) is 0 Å². The smallest absolute Gasteiger partial charge is 0.234 e. The lowest BCUT2D eigenvalue weighted by Crippen LogP contribution is -2.06. The molecule has 0 fully saturated rings. The van der Waals surface area contributed by atoms with Gasteiger partial charge in [-0.1, -0.05) is 40.5 Å². The molecule has 4 heteroatoms. The maximum absolute atomic E-state index is 12.4. The van der Waals surface area contributed by atoms with Crippen LogP contribution in [0, 0.1) is 20.8 Å². The van der Waals surface area contributed by atoms with Gasteiger partial charge < -0.3 is 0 Å². The van der Waals surface area contributed by atoms with Crippen LogP contribution in [0.15, 0.2) is 42.5 Å². The van der Waals surface area contributed by atoms with E-state index in [1.807, 2.05) is 19.1 Å². The number of hydrogen-bond donors (Lipinski definition) is 0. The van der Waals surface area contributed by atoms with Crippen molar-refractivity contribution < 1.29 is 14.2 Å². The summed E-state index contributed by atoms with van der Waals surface area (Å²) in [6.45, 7) is 5.52. The van der Waals surface area contributed by atoms with Crippen LogP contribution in [0.2, 0.25) is 0 Å². The summed E-state index contributed by atoms with van der Waals surface area (Å²) in [5.74, 6) is 0. The molecule has 0 aliphatic rings. The lowest BCUT2D eigenvalue weighted by molar-refractivity contribution is 0.104. The molecule has 2 aromatic carbocycles. The third-order valence-electron chi connectivity index (χ3n) is 3.28. The van der Waals surface area contributed by atoms with Gasteiger partial charge in [0.2, 0.25) is 0 Å². The number of benzene rings is 2. The highest BCUT2D eigenvalue weighted by Gasteiger charge is 2.41. The number of rotatable bonds is 4. The highest BCUT2D eigenvalue weighted by atomic mass is 31.1. The van der Waals surface area contributed by atoms with E-state index in [1.165, 1.54) is 0 Å². The van der Waals surface area contributed by atoms with E-state index in [0.29, 0.717) is 11.1 Å². The second-order valence-corrected chi connectivity index (χ2v) is 6.45. The third kappa shape index (κ3) is 3.14. The first-order valence-corrected chi connectivity index (χ1v) is 7.86. The Hall–Kier alpha value is -2.12. The molecular formula is C17H16O3P+. The van der Waals surface area contributed by atoms with Crippen LogP contribution in [-0.2, 0) is 4.57 Å². The zero-order valence-electron chi connectivity index (χ0n) is 12.2. The number of aryl methyl sites for hydroxylation is 3. The topological polar surface area (TPSA) is 51.2 Å². The SMILES string of the molecule is Cc1cc(C)c(C(=O)[P+](=O)C(=O)c2ccccc2)c(C)c1. The molecule has 0 heterocycles. The van der Waals surface area contributed by atoms with Crippen molar-refractivity contribution in [3.63, 3.8) is 0 Å². The Morgan fingerprint density at radius 3 is 1.90 bits per heavy atom. The van der Waals surface area contributed by atoms with Crippen molar-refractivity contribution in [1.29, 1.82) is 0 Å². The average Bonchev–Trinajstić information content (AvgIpc) is 2.45. The van der Waals surface area contributed by atoms with Gasteiger partial charge in [-0.3, -0.25) is 0 Å². The summed E-state index contributed by atoms with van der Waals surface area (Å²) in [5, 5.41) is 0. The van der Waals surface area contributed by atoms with Crippen LogP contribution in [-0.4, -0.2) is 11.0 Å². The van der Waals surface area contributed by atoms with Gasteiger partial charge in [0.15, 0.2) is 0 Å². The van der Waals surface area contributed by atoms with Crippen LogP contribution >= 0.6 is 7.80 Å². The molecule has 106 valence electrons. The maximum atomic E-state index is 12.4. The van der Waals surface area contributed by atoms with Gasteiger partial charge in [0.25, 0.3) is 0 Å². The van der Waals surface area contributed by atoms with Crippen molar-refractivity contribution in [1.82, 2.24) is 0 Å². The highest BCUT2D eigenvalue weighted by molar-refractivity contribution is 7.80. The van der Waals surface area contributed by atoms with Gasteiger partial charge in [-0.05, 0) is 44.0 Å². The summed E-state index contributed by atoms with van der Waals surface area (Å²) in [6.07, 6.45) is 0. The Morgan fingerprint density at radius 1 is 0.857 bits per heavy atom. The van der Waals surface area contributed by atoms with Crippen molar-refractivity contribution >= 4 is 18.8 Å². The highest BCUT2D eigenvalue weighted by Crippen LogP contribution is 2.34. The van der Waals surface area contributed by atoms with Crippen LogP contribution in [0.25, 0.3) is 0 Å². The van der Waals surface area contributed by atoms with E-state index in [-0.39, 0.29) is 0 Å². The fourth-order valence-electron chi connectivity index (χ4n) is 2.41. The van der Waals surface area contributed by atoms with Crippen molar-refractivity contribution in [3.8, 4) is 0 Å². The largest absolute Gasteiger partial charge is 0.501 e. The first-order chi connectivity index (χ1) is 9.91. The third-order valence-corrected chi connectivity index (χ3v) is 4.50. The Kier molecular flexibility index (Phi) is 4.44. The predicted octanol–water partition coefficient (Wildman–Crippen LogP) is 4.42. The fourth-order valence-corrected chi connectivity index (χ4v) is 3.53. The summed E-state index contributed by atoms with van der Waals surface area (Å²) in [5.41, 5.74) is 2.03. The number of carbonyl (C=O) groups excluding carboxylic acids is 2. The Balaban J connectivity index is 2.37. The van der Waals surface area contributed by atoms with Gasteiger partial charge in [-0.2, -0.15) is 0 Å². The minimum Gasteiger partial charge on any atom is -0.234 e. The van der Waals surface area contributed by atoms with Crippen LogP contribution in [0.4, 0.5) is 0 Å². The lowest BCUT2D eigenvalue weighted by Gasteiger charge is -2.04. The molecule has 0 N–H and O–H groups in total. The molecule has 0 spiro atoms. The second kappa shape index (κ2) is 6.11. The second-order valence-electron chi connectivity index (χ2n) is 5.04. The number of carbonyl (C=O) groups is 2. The molecule has 2 rings (SSSR count). The van der Waals surface area contributed by atoms with Gasteiger partial charge in [-0.15, -0.1) is 0 Å².